The highest BCUT2D eigenvalue weighted by molar-refractivity contribution is 5.74. The first kappa shape index (κ1) is 13.7. The van der Waals surface area contributed by atoms with Gasteiger partial charge in [-0.25, -0.2) is 4.79 Å². The second-order valence-electron chi connectivity index (χ2n) is 5.57. The number of carbonyl (C=O) groups is 1. The van der Waals surface area contributed by atoms with Gasteiger partial charge >= 0.3 is 6.03 Å². The van der Waals surface area contributed by atoms with E-state index in [4.69, 9.17) is 0 Å². The van der Waals surface area contributed by atoms with Gasteiger partial charge in [0, 0.05) is 32.2 Å². The van der Waals surface area contributed by atoms with Gasteiger partial charge in [0.2, 0.25) is 0 Å². The second kappa shape index (κ2) is 6.98. The molecule has 2 aliphatic rings. The van der Waals surface area contributed by atoms with Crippen LogP contribution in [-0.2, 0) is 0 Å². The number of nitrogens with one attached hydrogen (secondary N) is 1. The van der Waals surface area contributed by atoms with E-state index in [1.165, 1.54) is 32.1 Å². The molecule has 0 aromatic heterocycles. The maximum atomic E-state index is 12.4. The number of likely N-dealkylation sites (tertiary alicyclic amines) is 1. The van der Waals surface area contributed by atoms with E-state index in [2.05, 4.69) is 17.1 Å². The van der Waals surface area contributed by atoms with Crippen molar-refractivity contribution in [2.75, 3.05) is 32.7 Å². The molecule has 1 N–H and O–H groups in total. The van der Waals surface area contributed by atoms with E-state index in [1.54, 1.807) is 0 Å². The monoisotopic (exact) mass is 253 g/mol. The average molecular weight is 253 g/mol. The van der Waals surface area contributed by atoms with Gasteiger partial charge in [-0.2, -0.15) is 0 Å². The Labute approximate surface area is 111 Å². The first-order valence-electron chi connectivity index (χ1n) is 7.58. The zero-order valence-corrected chi connectivity index (χ0v) is 11.7. The predicted octanol–water partition coefficient (Wildman–Crippen LogP) is 2.06. The Kier molecular flexibility index (Phi) is 5.29. The quantitative estimate of drug-likeness (QED) is 0.832. The summed E-state index contributed by atoms with van der Waals surface area (Å²) in [6, 6.07) is 0.776. The van der Waals surface area contributed by atoms with Crippen LogP contribution in [0.15, 0.2) is 0 Å². The fraction of sp³-hybridized carbons (Fsp3) is 0.929. The van der Waals surface area contributed by atoms with Gasteiger partial charge in [0.15, 0.2) is 0 Å². The molecule has 104 valence electrons. The second-order valence-corrected chi connectivity index (χ2v) is 5.57. The summed E-state index contributed by atoms with van der Waals surface area (Å²) in [7, 11) is 0. The van der Waals surface area contributed by atoms with Crippen molar-refractivity contribution in [2.24, 2.45) is 0 Å². The van der Waals surface area contributed by atoms with Crippen LogP contribution in [0.25, 0.3) is 0 Å². The molecule has 0 aromatic carbocycles. The topological polar surface area (TPSA) is 35.6 Å². The molecule has 4 heteroatoms. The molecular formula is C14H27N3O. The van der Waals surface area contributed by atoms with Gasteiger partial charge in [0.25, 0.3) is 0 Å². The maximum Gasteiger partial charge on any atom is 0.320 e. The lowest BCUT2D eigenvalue weighted by molar-refractivity contribution is 0.153. The van der Waals surface area contributed by atoms with E-state index in [-0.39, 0.29) is 6.03 Å². The number of carbonyl (C=O) groups excluding carboxylic acids is 1. The van der Waals surface area contributed by atoms with Crippen LogP contribution in [0, 0.1) is 0 Å². The number of urea groups is 1. The van der Waals surface area contributed by atoms with E-state index in [0.717, 1.165) is 39.1 Å². The summed E-state index contributed by atoms with van der Waals surface area (Å²) in [4.78, 5) is 16.5. The number of piperidine rings is 1. The third-order valence-electron chi connectivity index (χ3n) is 3.99. The third kappa shape index (κ3) is 3.61. The van der Waals surface area contributed by atoms with Gasteiger partial charge in [-0.05, 0) is 38.6 Å². The molecule has 2 amide bonds. The van der Waals surface area contributed by atoms with Crippen LogP contribution in [0.1, 0.15) is 45.4 Å². The van der Waals surface area contributed by atoms with Crippen LogP contribution in [-0.4, -0.2) is 54.6 Å². The van der Waals surface area contributed by atoms with Crippen molar-refractivity contribution in [1.29, 1.82) is 0 Å². The van der Waals surface area contributed by atoms with E-state index in [1.807, 2.05) is 4.90 Å². The maximum absolute atomic E-state index is 12.4. The molecule has 2 aliphatic heterocycles. The van der Waals surface area contributed by atoms with Crippen LogP contribution in [0.3, 0.4) is 0 Å². The van der Waals surface area contributed by atoms with Gasteiger partial charge in [0.1, 0.15) is 0 Å². The molecule has 0 saturated carbocycles. The van der Waals surface area contributed by atoms with Crippen LogP contribution in [0.4, 0.5) is 4.79 Å². The third-order valence-corrected chi connectivity index (χ3v) is 3.99. The summed E-state index contributed by atoms with van der Waals surface area (Å²) in [5.41, 5.74) is 0. The molecule has 2 fully saturated rings. The van der Waals surface area contributed by atoms with Gasteiger partial charge in [-0.15, -0.1) is 0 Å². The van der Waals surface area contributed by atoms with Crippen molar-refractivity contribution in [1.82, 2.24) is 15.1 Å². The Bertz CT molecular complexity index is 258. The standard InChI is InChI=1S/C14H27N3O/c1-2-9-17(12-13-7-3-4-8-15-13)14(18)16-10-5-6-11-16/h13,15H,2-12H2,1H3. The number of nitrogens with zero attached hydrogens (tertiary/aromatic N) is 2. The summed E-state index contributed by atoms with van der Waals surface area (Å²) >= 11 is 0. The van der Waals surface area contributed by atoms with Crippen LogP contribution in [0.2, 0.25) is 0 Å². The van der Waals surface area contributed by atoms with Crippen LogP contribution < -0.4 is 5.32 Å². The highest BCUT2D eigenvalue weighted by Gasteiger charge is 2.25. The average Bonchev–Trinajstić information content (AvgIpc) is 2.92. The van der Waals surface area contributed by atoms with Crippen molar-refractivity contribution in [2.45, 2.75) is 51.5 Å². The van der Waals surface area contributed by atoms with Crippen molar-refractivity contribution in [3.05, 3.63) is 0 Å². The molecule has 0 spiro atoms. The van der Waals surface area contributed by atoms with E-state index >= 15 is 0 Å². The Morgan fingerprint density at radius 2 is 2.06 bits per heavy atom. The molecule has 2 rings (SSSR count). The summed E-state index contributed by atoms with van der Waals surface area (Å²) in [5.74, 6) is 0. The number of hydrogen-bond acceptors (Lipinski definition) is 2. The van der Waals surface area contributed by atoms with E-state index in [0.29, 0.717) is 6.04 Å². The van der Waals surface area contributed by atoms with E-state index in [9.17, 15) is 4.79 Å². The molecule has 0 radical (unpaired) electrons. The summed E-state index contributed by atoms with van der Waals surface area (Å²) in [6.45, 7) is 6.96. The first-order chi connectivity index (χ1) is 8.81. The van der Waals surface area contributed by atoms with Gasteiger partial charge in [-0.3, -0.25) is 0 Å². The predicted molar refractivity (Wildman–Crippen MR) is 73.7 cm³/mol. The molecular weight excluding hydrogens is 226 g/mol. The lowest BCUT2D eigenvalue weighted by Crippen LogP contribution is -2.49. The largest absolute Gasteiger partial charge is 0.325 e. The minimum absolute atomic E-state index is 0.265. The summed E-state index contributed by atoms with van der Waals surface area (Å²) in [5, 5.41) is 3.54. The van der Waals surface area contributed by atoms with Crippen molar-refractivity contribution >= 4 is 6.03 Å². The Morgan fingerprint density at radius 3 is 2.67 bits per heavy atom. The fourth-order valence-electron chi connectivity index (χ4n) is 2.99. The lowest BCUT2D eigenvalue weighted by atomic mass is 10.0. The van der Waals surface area contributed by atoms with Crippen LogP contribution >= 0.6 is 0 Å². The Hall–Kier alpha value is -0.770. The molecule has 2 saturated heterocycles. The minimum Gasteiger partial charge on any atom is -0.325 e. The molecule has 1 atom stereocenters. The Morgan fingerprint density at radius 1 is 1.28 bits per heavy atom. The first-order valence-corrected chi connectivity index (χ1v) is 7.58. The molecule has 0 aromatic rings. The van der Waals surface area contributed by atoms with Gasteiger partial charge in [-0.1, -0.05) is 13.3 Å². The zero-order chi connectivity index (χ0) is 12.8. The van der Waals surface area contributed by atoms with E-state index < -0.39 is 0 Å². The van der Waals surface area contributed by atoms with Crippen molar-refractivity contribution < 1.29 is 4.79 Å². The lowest BCUT2D eigenvalue weighted by Gasteiger charge is -2.33. The molecule has 1 unspecified atom stereocenters. The fourth-order valence-corrected chi connectivity index (χ4v) is 2.99. The number of rotatable bonds is 4. The molecule has 0 aliphatic carbocycles. The zero-order valence-electron chi connectivity index (χ0n) is 11.7. The highest BCUT2D eigenvalue weighted by atomic mass is 16.2. The number of amides is 2. The minimum atomic E-state index is 0.265. The SMILES string of the molecule is CCCN(CC1CCCCN1)C(=O)N1CCCC1. The summed E-state index contributed by atoms with van der Waals surface area (Å²) < 4.78 is 0. The smallest absolute Gasteiger partial charge is 0.320 e. The molecule has 4 nitrogen and oxygen atoms in total. The highest BCUT2D eigenvalue weighted by Crippen LogP contribution is 2.14. The Balaban J connectivity index is 1.87. The van der Waals surface area contributed by atoms with Crippen molar-refractivity contribution in [3.63, 3.8) is 0 Å². The normalized spacial score (nSPS) is 24.3. The summed E-state index contributed by atoms with van der Waals surface area (Å²) in [6.07, 6.45) is 7.19. The molecule has 18 heavy (non-hydrogen) atoms. The van der Waals surface area contributed by atoms with Gasteiger partial charge < -0.3 is 15.1 Å². The van der Waals surface area contributed by atoms with Gasteiger partial charge in [0.05, 0.1) is 0 Å². The number of hydrogen-bond donors (Lipinski definition) is 1. The molecule has 0 bridgehead atoms. The van der Waals surface area contributed by atoms with Crippen molar-refractivity contribution in [3.8, 4) is 0 Å². The van der Waals surface area contributed by atoms with Crippen LogP contribution in [0.5, 0.6) is 0 Å². The molecule has 2 heterocycles.